The topological polar surface area (TPSA) is 135 Å². The van der Waals surface area contributed by atoms with Gasteiger partial charge in [-0.3, -0.25) is 0 Å². The molecule has 3 heterocycles. The smallest absolute Gasteiger partial charge is 0.406 e. The molecule has 3 fully saturated rings. The Labute approximate surface area is 272 Å². The summed E-state index contributed by atoms with van der Waals surface area (Å²) in [7, 11) is 0. The lowest BCUT2D eigenvalue weighted by atomic mass is 9.92. The van der Waals surface area contributed by atoms with E-state index in [1.165, 1.54) is 37.1 Å². The van der Waals surface area contributed by atoms with Crippen LogP contribution in [-0.4, -0.2) is 68.0 Å². The molecule has 5 N–H and O–H groups in total. The van der Waals surface area contributed by atoms with Crippen LogP contribution in [0.1, 0.15) is 70.3 Å². The Bertz CT molecular complexity index is 1400. The van der Waals surface area contributed by atoms with Crippen molar-refractivity contribution in [1.82, 2.24) is 24.4 Å². The molecule has 0 spiro atoms. The highest BCUT2D eigenvalue weighted by Gasteiger charge is 2.31. The summed E-state index contributed by atoms with van der Waals surface area (Å²) < 4.78 is 43.3. The number of nitrogens with zero attached hydrogens (tertiary/aromatic N) is 5. The molecule has 11 nitrogen and oxygen atoms in total. The van der Waals surface area contributed by atoms with Gasteiger partial charge in [0.25, 0.3) is 0 Å². The number of nitrogens with two attached hydrogens (primary N) is 1. The largest absolute Gasteiger partial charge is 0.573 e. The lowest BCUT2D eigenvalue weighted by molar-refractivity contribution is -0.274. The average molecular weight is 675 g/mol. The number of nitrogens with one attached hydrogen (secondary N) is 3. The van der Waals surface area contributed by atoms with Crippen LogP contribution in [0.3, 0.4) is 0 Å². The average Bonchev–Trinajstić information content (AvgIpc) is 3.65. The predicted octanol–water partition coefficient (Wildman–Crippen LogP) is 6.47. The molecule has 0 bridgehead atoms. The number of likely N-dealkylation sites (tertiary alicyclic amines) is 1. The SMILES string of the molecule is Cl.Cl.NC1CCC(Nc2nc(NC3CCN(C(=O)Nc4ccc(OC(F)(F)F)cc4)CC3)c3ncn(C4CCCC4)c3n2)CC1. The second-order valence-corrected chi connectivity index (χ2v) is 11.8. The number of imidazole rings is 1. The number of urea groups is 1. The molecule has 0 unspecified atom stereocenters. The molecule has 1 aromatic carbocycles. The van der Waals surface area contributed by atoms with Gasteiger partial charge in [0.15, 0.2) is 17.0 Å². The number of alkyl halides is 3. The van der Waals surface area contributed by atoms with Crippen molar-refractivity contribution in [3.05, 3.63) is 30.6 Å². The molecule has 3 aliphatic rings. The van der Waals surface area contributed by atoms with Crippen molar-refractivity contribution in [2.75, 3.05) is 29.0 Å². The first kappa shape index (κ1) is 34.6. The van der Waals surface area contributed by atoms with Crippen LogP contribution >= 0.6 is 24.8 Å². The van der Waals surface area contributed by atoms with Crippen LogP contribution in [0.25, 0.3) is 11.2 Å². The minimum absolute atomic E-state index is 0. The van der Waals surface area contributed by atoms with Crippen molar-refractivity contribution in [2.24, 2.45) is 5.73 Å². The van der Waals surface area contributed by atoms with Crippen molar-refractivity contribution in [2.45, 2.75) is 94.7 Å². The molecule has 6 rings (SSSR count). The molecule has 1 aliphatic heterocycles. The summed E-state index contributed by atoms with van der Waals surface area (Å²) in [5.74, 6) is 0.949. The van der Waals surface area contributed by atoms with Crippen LogP contribution in [0.4, 0.5) is 35.4 Å². The number of fused-ring (bicyclic) bond motifs is 1. The maximum atomic E-state index is 12.8. The zero-order valence-electron chi connectivity index (χ0n) is 24.8. The van der Waals surface area contributed by atoms with Gasteiger partial charge in [-0.05, 0) is 75.6 Å². The molecular formula is C29H40Cl2F3N9O2. The molecule has 16 heteroatoms. The standard InChI is InChI=1S/C29H38F3N9O2.2ClH/c30-29(31,32)43-23-11-9-20(10-12-23)37-28(42)40-15-13-21(14-16-40)35-25-24-26(41(17-34-24)22-3-1-2-4-22)39-27(38-25)36-19-7-5-18(33)6-8-19;;/h9-12,17-19,21-22H,1-8,13-16,33H2,(H,37,42)(H2,35,36,38,39);2*1H. The first-order valence-corrected chi connectivity index (χ1v) is 15.1. The third-order valence-corrected chi connectivity index (χ3v) is 8.71. The van der Waals surface area contributed by atoms with Crippen LogP contribution in [0.15, 0.2) is 30.6 Å². The first-order chi connectivity index (χ1) is 20.7. The number of aromatic nitrogens is 4. The van der Waals surface area contributed by atoms with Crippen molar-refractivity contribution in [3.63, 3.8) is 0 Å². The summed E-state index contributed by atoms with van der Waals surface area (Å²) in [5, 5.41) is 9.90. The van der Waals surface area contributed by atoms with Gasteiger partial charge in [-0.15, -0.1) is 38.0 Å². The highest BCUT2D eigenvalue weighted by molar-refractivity contribution is 5.89. The summed E-state index contributed by atoms with van der Waals surface area (Å²) in [6, 6.07) is 5.81. The number of anilines is 3. The van der Waals surface area contributed by atoms with Crippen LogP contribution < -0.4 is 26.4 Å². The number of amides is 2. The molecule has 0 atom stereocenters. The Morgan fingerprint density at radius 2 is 1.53 bits per heavy atom. The van der Waals surface area contributed by atoms with Gasteiger partial charge in [-0.2, -0.15) is 9.97 Å². The predicted molar refractivity (Wildman–Crippen MR) is 172 cm³/mol. The number of hydrogen-bond acceptors (Lipinski definition) is 8. The molecule has 2 aromatic heterocycles. The molecule has 2 amide bonds. The number of piperidine rings is 1. The van der Waals surface area contributed by atoms with Gasteiger partial charge < -0.3 is 35.9 Å². The summed E-state index contributed by atoms with van der Waals surface area (Å²) in [4.78, 5) is 29.1. The second-order valence-electron chi connectivity index (χ2n) is 11.8. The number of ether oxygens (including phenoxy) is 1. The van der Waals surface area contributed by atoms with Crippen molar-refractivity contribution >= 4 is 59.5 Å². The Morgan fingerprint density at radius 3 is 2.18 bits per heavy atom. The second kappa shape index (κ2) is 14.9. The summed E-state index contributed by atoms with van der Waals surface area (Å²) in [5.41, 5.74) is 8.09. The Kier molecular flexibility index (Phi) is 11.5. The number of carbonyl (C=O) groups excluding carboxylic acids is 1. The molecule has 2 saturated carbocycles. The van der Waals surface area contributed by atoms with Gasteiger partial charge in [-0.1, -0.05) is 12.8 Å². The summed E-state index contributed by atoms with van der Waals surface area (Å²) >= 11 is 0. The zero-order valence-corrected chi connectivity index (χ0v) is 26.4. The first-order valence-electron chi connectivity index (χ1n) is 15.1. The lowest BCUT2D eigenvalue weighted by Gasteiger charge is -2.32. The third kappa shape index (κ3) is 8.73. The van der Waals surface area contributed by atoms with Crippen molar-refractivity contribution in [1.29, 1.82) is 0 Å². The minimum Gasteiger partial charge on any atom is -0.406 e. The minimum atomic E-state index is -4.77. The van der Waals surface area contributed by atoms with Crippen molar-refractivity contribution in [3.8, 4) is 5.75 Å². The molecule has 2 aliphatic carbocycles. The van der Waals surface area contributed by atoms with E-state index in [-0.39, 0.29) is 54.7 Å². The maximum absolute atomic E-state index is 12.8. The van der Waals surface area contributed by atoms with Crippen LogP contribution in [0.2, 0.25) is 0 Å². The third-order valence-electron chi connectivity index (χ3n) is 8.71. The number of hydrogen-bond donors (Lipinski definition) is 4. The van der Waals surface area contributed by atoms with E-state index in [4.69, 9.17) is 20.7 Å². The molecule has 45 heavy (non-hydrogen) atoms. The van der Waals surface area contributed by atoms with Crippen molar-refractivity contribution < 1.29 is 22.7 Å². The van der Waals surface area contributed by atoms with Gasteiger partial charge in [0.2, 0.25) is 5.95 Å². The van der Waals surface area contributed by atoms with Crippen LogP contribution in [-0.2, 0) is 0 Å². The van der Waals surface area contributed by atoms with E-state index in [2.05, 4.69) is 25.3 Å². The zero-order chi connectivity index (χ0) is 30.0. The van der Waals surface area contributed by atoms with Gasteiger partial charge in [0.05, 0.1) is 6.33 Å². The van der Waals surface area contributed by atoms with E-state index in [0.717, 1.165) is 49.7 Å². The molecular weight excluding hydrogens is 634 g/mol. The quantitative estimate of drug-likeness (QED) is 0.224. The van der Waals surface area contributed by atoms with Crippen LogP contribution in [0.5, 0.6) is 5.75 Å². The number of rotatable bonds is 7. The highest BCUT2D eigenvalue weighted by Crippen LogP contribution is 2.34. The van der Waals surface area contributed by atoms with E-state index < -0.39 is 6.36 Å². The van der Waals surface area contributed by atoms with Crippen LogP contribution in [0, 0.1) is 0 Å². The van der Waals surface area contributed by atoms with E-state index in [9.17, 15) is 18.0 Å². The monoisotopic (exact) mass is 673 g/mol. The van der Waals surface area contributed by atoms with Gasteiger partial charge in [0.1, 0.15) is 5.75 Å². The van der Waals surface area contributed by atoms with Gasteiger partial charge >= 0.3 is 12.4 Å². The maximum Gasteiger partial charge on any atom is 0.573 e. The van der Waals surface area contributed by atoms with Gasteiger partial charge in [0, 0.05) is 42.9 Å². The van der Waals surface area contributed by atoms with E-state index in [1.807, 2.05) is 6.33 Å². The van der Waals surface area contributed by atoms with E-state index in [0.29, 0.717) is 49.4 Å². The lowest BCUT2D eigenvalue weighted by Crippen LogP contribution is -2.44. The molecule has 248 valence electrons. The molecule has 3 aromatic rings. The number of benzene rings is 1. The molecule has 1 saturated heterocycles. The fourth-order valence-corrected chi connectivity index (χ4v) is 6.34. The van der Waals surface area contributed by atoms with E-state index in [1.54, 1.807) is 4.90 Å². The highest BCUT2D eigenvalue weighted by atomic mass is 35.5. The number of carbonyl (C=O) groups is 1. The molecule has 0 radical (unpaired) electrons. The Morgan fingerprint density at radius 1 is 0.889 bits per heavy atom. The number of halogens is 5. The summed E-state index contributed by atoms with van der Waals surface area (Å²) in [6.45, 7) is 1.02. The summed E-state index contributed by atoms with van der Waals surface area (Å²) in [6.07, 6.45) is 7.10. The van der Waals surface area contributed by atoms with Gasteiger partial charge in [-0.25, -0.2) is 9.78 Å². The van der Waals surface area contributed by atoms with E-state index >= 15 is 0 Å². The Balaban J connectivity index is 0.00000230. The normalized spacial score (nSPS) is 21.1. The fourth-order valence-electron chi connectivity index (χ4n) is 6.34. The fraction of sp³-hybridized carbons (Fsp3) is 0.586. The Hall–Kier alpha value is -3.23.